The number of hydrogen-bond acceptors (Lipinski definition) is 7. The minimum absolute atomic E-state index is 0.108. The number of rotatable bonds is 7. The van der Waals surface area contributed by atoms with E-state index in [1.165, 1.54) is 0 Å². The van der Waals surface area contributed by atoms with Crippen molar-refractivity contribution in [2.45, 2.75) is 25.5 Å². The van der Waals surface area contributed by atoms with E-state index in [1.807, 2.05) is 24.0 Å². The number of carbonyl (C=O) groups is 1. The third kappa shape index (κ3) is 6.01. The number of carbonyl (C=O) groups excluding carboxylic acids is 1. The maximum absolute atomic E-state index is 13.2. The number of hydrogen-bond donors (Lipinski definition) is 0. The van der Waals surface area contributed by atoms with E-state index in [0.29, 0.717) is 36.4 Å². The van der Waals surface area contributed by atoms with Crippen molar-refractivity contribution in [1.82, 2.24) is 19.7 Å². The lowest BCUT2D eigenvalue weighted by atomic mass is 9.96. The van der Waals surface area contributed by atoms with Crippen LogP contribution in [0.4, 0.5) is 0 Å². The molecular weight excluding hydrogens is 432 g/mol. The number of aryl methyl sites for hydroxylation is 1. The molecule has 9 heteroatoms. The SMILES string of the molecule is Cc1nc(CN2CCO[C@@](COc3ccc(Cl)cc3)(CC(=O)N3CCN(C)CC3)C2)co1. The third-order valence-corrected chi connectivity index (χ3v) is 6.28. The van der Waals surface area contributed by atoms with Gasteiger partial charge in [0.15, 0.2) is 5.89 Å². The highest BCUT2D eigenvalue weighted by Gasteiger charge is 2.41. The van der Waals surface area contributed by atoms with Crippen LogP contribution in [0.25, 0.3) is 0 Å². The zero-order valence-corrected chi connectivity index (χ0v) is 19.5. The highest BCUT2D eigenvalue weighted by atomic mass is 35.5. The molecule has 2 aliphatic heterocycles. The molecular formula is C23H31ClN4O4. The second-order valence-corrected chi connectivity index (χ2v) is 9.14. The number of oxazole rings is 1. The van der Waals surface area contributed by atoms with Crippen molar-refractivity contribution in [2.24, 2.45) is 0 Å². The molecule has 1 aromatic carbocycles. The monoisotopic (exact) mass is 462 g/mol. The van der Waals surface area contributed by atoms with E-state index in [9.17, 15) is 4.79 Å². The molecule has 0 aliphatic carbocycles. The summed E-state index contributed by atoms with van der Waals surface area (Å²) in [7, 11) is 2.08. The summed E-state index contributed by atoms with van der Waals surface area (Å²) in [5.41, 5.74) is 0.138. The molecule has 0 bridgehead atoms. The van der Waals surface area contributed by atoms with E-state index in [0.717, 1.165) is 38.4 Å². The molecule has 32 heavy (non-hydrogen) atoms. The Bertz CT molecular complexity index is 898. The Kier molecular flexibility index (Phi) is 7.35. The number of halogens is 1. The molecule has 0 N–H and O–H groups in total. The summed E-state index contributed by atoms with van der Waals surface area (Å²) in [4.78, 5) is 24.1. The molecule has 174 valence electrons. The number of amides is 1. The van der Waals surface area contributed by atoms with Crippen LogP contribution in [0, 0.1) is 6.92 Å². The molecule has 2 fully saturated rings. The normalized spacial score (nSPS) is 22.8. The number of benzene rings is 1. The first-order valence-corrected chi connectivity index (χ1v) is 11.4. The molecule has 2 aliphatic rings. The molecule has 1 aromatic heterocycles. The van der Waals surface area contributed by atoms with E-state index >= 15 is 0 Å². The Balaban J connectivity index is 1.47. The standard InChI is InChI=1S/C23H31ClN4O4/c1-18-25-20(15-30-18)14-27-11-12-32-23(16-27,17-31-21-5-3-19(24)4-6-21)13-22(29)28-9-7-26(2)8-10-28/h3-6,15H,7-14,16-17H2,1-2H3/t23-/m0/s1. The van der Waals surface area contributed by atoms with Crippen molar-refractivity contribution in [1.29, 1.82) is 0 Å². The van der Waals surface area contributed by atoms with Gasteiger partial charge in [0.1, 0.15) is 24.2 Å². The van der Waals surface area contributed by atoms with Gasteiger partial charge in [-0.25, -0.2) is 4.98 Å². The van der Waals surface area contributed by atoms with Crippen LogP contribution in [-0.2, 0) is 16.1 Å². The first kappa shape index (κ1) is 23.0. The summed E-state index contributed by atoms with van der Waals surface area (Å²) < 4.78 is 17.7. The Labute approximate surface area is 194 Å². The van der Waals surface area contributed by atoms with Crippen molar-refractivity contribution in [3.05, 3.63) is 47.1 Å². The average molecular weight is 463 g/mol. The molecule has 0 radical (unpaired) electrons. The molecule has 2 saturated heterocycles. The van der Waals surface area contributed by atoms with Gasteiger partial charge in [0, 0.05) is 57.8 Å². The van der Waals surface area contributed by atoms with Gasteiger partial charge < -0.3 is 23.7 Å². The van der Waals surface area contributed by atoms with Crippen LogP contribution in [0.3, 0.4) is 0 Å². The zero-order valence-electron chi connectivity index (χ0n) is 18.8. The summed E-state index contributed by atoms with van der Waals surface area (Å²) in [6, 6.07) is 7.24. The van der Waals surface area contributed by atoms with E-state index in [2.05, 4.69) is 21.8 Å². The number of ether oxygens (including phenoxy) is 2. The summed E-state index contributed by atoms with van der Waals surface area (Å²) in [6.07, 6.45) is 1.96. The first-order valence-electron chi connectivity index (χ1n) is 11.0. The highest BCUT2D eigenvalue weighted by molar-refractivity contribution is 6.30. The van der Waals surface area contributed by atoms with Gasteiger partial charge in [0.05, 0.1) is 18.7 Å². The first-order chi connectivity index (χ1) is 15.4. The lowest BCUT2D eigenvalue weighted by molar-refractivity contribution is -0.158. The van der Waals surface area contributed by atoms with Crippen molar-refractivity contribution in [2.75, 3.05) is 59.5 Å². The van der Waals surface area contributed by atoms with Crippen LogP contribution in [0.2, 0.25) is 5.02 Å². The molecule has 8 nitrogen and oxygen atoms in total. The Morgan fingerprint density at radius 1 is 1.19 bits per heavy atom. The molecule has 2 aromatic rings. The largest absolute Gasteiger partial charge is 0.491 e. The quantitative estimate of drug-likeness (QED) is 0.625. The molecule has 3 heterocycles. The summed E-state index contributed by atoms with van der Waals surface area (Å²) in [6.45, 7) is 7.88. The lowest BCUT2D eigenvalue weighted by Gasteiger charge is -2.43. The van der Waals surface area contributed by atoms with Gasteiger partial charge in [-0.3, -0.25) is 9.69 Å². The minimum Gasteiger partial charge on any atom is -0.491 e. The highest BCUT2D eigenvalue weighted by Crippen LogP contribution is 2.27. The van der Waals surface area contributed by atoms with E-state index in [4.69, 9.17) is 25.5 Å². The number of aromatic nitrogens is 1. The second kappa shape index (κ2) is 10.2. The van der Waals surface area contributed by atoms with Gasteiger partial charge >= 0.3 is 0 Å². The van der Waals surface area contributed by atoms with E-state index in [-0.39, 0.29) is 18.9 Å². The van der Waals surface area contributed by atoms with Crippen molar-refractivity contribution in [3.8, 4) is 5.75 Å². The summed E-state index contributed by atoms with van der Waals surface area (Å²) in [5.74, 6) is 1.46. The fourth-order valence-electron chi connectivity index (χ4n) is 4.20. The predicted molar refractivity (Wildman–Crippen MR) is 121 cm³/mol. The molecule has 1 amide bonds. The van der Waals surface area contributed by atoms with Crippen LogP contribution in [0.5, 0.6) is 5.75 Å². The number of likely N-dealkylation sites (N-methyl/N-ethyl adjacent to an activating group) is 1. The van der Waals surface area contributed by atoms with Crippen LogP contribution < -0.4 is 4.74 Å². The van der Waals surface area contributed by atoms with Crippen LogP contribution in [-0.4, -0.2) is 90.7 Å². The van der Waals surface area contributed by atoms with Gasteiger partial charge in [-0.15, -0.1) is 0 Å². The topological polar surface area (TPSA) is 71.3 Å². The van der Waals surface area contributed by atoms with Crippen molar-refractivity contribution in [3.63, 3.8) is 0 Å². The molecule has 0 saturated carbocycles. The fraction of sp³-hybridized carbons (Fsp3) is 0.565. The minimum atomic E-state index is -0.739. The fourth-order valence-corrected chi connectivity index (χ4v) is 4.33. The van der Waals surface area contributed by atoms with Crippen LogP contribution in [0.1, 0.15) is 18.0 Å². The maximum atomic E-state index is 13.2. The maximum Gasteiger partial charge on any atom is 0.225 e. The van der Waals surface area contributed by atoms with Crippen molar-refractivity contribution < 1.29 is 18.7 Å². The van der Waals surface area contributed by atoms with E-state index < -0.39 is 5.60 Å². The lowest BCUT2D eigenvalue weighted by Crippen LogP contribution is -2.58. The second-order valence-electron chi connectivity index (χ2n) is 8.70. The Morgan fingerprint density at radius 3 is 2.62 bits per heavy atom. The third-order valence-electron chi connectivity index (χ3n) is 6.02. The summed E-state index contributed by atoms with van der Waals surface area (Å²) in [5, 5.41) is 0.653. The van der Waals surface area contributed by atoms with Crippen LogP contribution in [0.15, 0.2) is 34.9 Å². The summed E-state index contributed by atoms with van der Waals surface area (Å²) >= 11 is 6.00. The van der Waals surface area contributed by atoms with Gasteiger partial charge in [0.25, 0.3) is 0 Å². The number of piperazine rings is 1. The smallest absolute Gasteiger partial charge is 0.225 e. The predicted octanol–water partition coefficient (Wildman–Crippen LogP) is 2.45. The van der Waals surface area contributed by atoms with Gasteiger partial charge in [-0.2, -0.15) is 0 Å². The molecule has 0 spiro atoms. The molecule has 1 atom stereocenters. The van der Waals surface area contributed by atoms with Gasteiger partial charge in [-0.1, -0.05) is 11.6 Å². The molecule has 0 unspecified atom stereocenters. The molecule has 4 rings (SSSR count). The van der Waals surface area contributed by atoms with Gasteiger partial charge in [-0.05, 0) is 31.3 Å². The Morgan fingerprint density at radius 2 is 1.94 bits per heavy atom. The van der Waals surface area contributed by atoms with Crippen LogP contribution >= 0.6 is 11.6 Å². The van der Waals surface area contributed by atoms with E-state index in [1.54, 1.807) is 18.4 Å². The number of nitrogens with zero attached hydrogens (tertiary/aromatic N) is 4. The van der Waals surface area contributed by atoms with Crippen molar-refractivity contribution >= 4 is 17.5 Å². The average Bonchev–Trinajstić information content (AvgIpc) is 3.18. The number of morpholine rings is 1. The zero-order chi connectivity index (χ0) is 22.6. The van der Waals surface area contributed by atoms with Gasteiger partial charge in [0.2, 0.25) is 5.91 Å². The Hall–Kier alpha value is -2.13.